The fourth-order valence-corrected chi connectivity index (χ4v) is 2.97. The van der Waals surface area contributed by atoms with Gasteiger partial charge in [0.2, 0.25) is 0 Å². The van der Waals surface area contributed by atoms with Crippen LogP contribution in [0.15, 0.2) is 63.6 Å². The van der Waals surface area contributed by atoms with E-state index in [0.29, 0.717) is 11.4 Å². The molecule has 3 rings (SSSR count). The van der Waals surface area contributed by atoms with Crippen molar-refractivity contribution in [1.29, 1.82) is 0 Å². The number of anilines is 1. The van der Waals surface area contributed by atoms with Crippen molar-refractivity contribution in [3.05, 3.63) is 65.0 Å². The van der Waals surface area contributed by atoms with Gasteiger partial charge < -0.3 is 10.1 Å². The number of imidazole rings is 1. The number of halogens is 4. The van der Waals surface area contributed by atoms with Crippen LogP contribution in [0.4, 0.5) is 18.9 Å². The number of amidine groups is 1. The minimum atomic E-state index is -4.69. The van der Waals surface area contributed by atoms with Crippen LogP contribution in [0.5, 0.6) is 5.75 Å². The Morgan fingerprint density at radius 1 is 1.23 bits per heavy atom. The third-order valence-corrected chi connectivity index (χ3v) is 4.52. The van der Waals surface area contributed by atoms with Crippen molar-refractivity contribution in [2.24, 2.45) is 9.98 Å². The molecule has 0 amide bonds. The lowest BCUT2D eigenvalue weighted by Gasteiger charge is -2.10. The average molecular weight is 480 g/mol. The van der Waals surface area contributed by atoms with Gasteiger partial charge in [0.25, 0.3) is 0 Å². The monoisotopic (exact) mass is 479 g/mol. The third kappa shape index (κ3) is 4.70. The molecule has 6 nitrogen and oxygen atoms in total. The Kier molecular flexibility index (Phi) is 6.25. The van der Waals surface area contributed by atoms with Gasteiger partial charge in [-0.3, -0.25) is 9.39 Å². The zero-order valence-electron chi connectivity index (χ0n) is 16.0. The SMILES string of the molecule is C=C(N=C(C=NC)Nc1ccc(Br)cc1)c1c(C(F)(F)F)nc2ccc(OC)cn12. The van der Waals surface area contributed by atoms with Crippen molar-refractivity contribution >= 4 is 45.0 Å². The standard InChI is InChI=1S/C20H17BrF3N5O/c1-12(26-16(10-25-2)27-14-6-4-13(21)5-7-14)18-19(20(22,23)24)28-17-9-8-15(30-3)11-29(17)18/h4-11H,1H2,2-3H3,(H,26,27). The van der Waals surface area contributed by atoms with Crippen molar-refractivity contribution in [2.75, 3.05) is 19.5 Å². The second-order valence-corrected chi connectivity index (χ2v) is 6.98. The quantitative estimate of drug-likeness (QED) is 0.398. The van der Waals surface area contributed by atoms with E-state index in [9.17, 15) is 13.2 Å². The van der Waals surface area contributed by atoms with Crippen LogP contribution in [-0.2, 0) is 6.18 Å². The van der Waals surface area contributed by atoms with Crippen molar-refractivity contribution < 1.29 is 17.9 Å². The van der Waals surface area contributed by atoms with Gasteiger partial charge in [-0.15, -0.1) is 0 Å². The molecular weight excluding hydrogens is 463 g/mol. The number of fused-ring (bicyclic) bond motifs is 1. The van der Waals surface area contributed by atoms with Crippen LogP contribution in [-0.4, -0.2) is 35.6 Å². The molecule has 0 unspecified atom stereocenters. The number of hydrogen-bond donors (Lipinski definition) is 1. The summed E-state index contributed by atoms with van der Waals surface area (Å²) in [5.41, 5.74) is -0.721. The van der Waals surface area contributed by atoms with Gasteiger partial charge in [0.05, 0.1) is 25.2 Å². The fraction of sp³-hybridized carbons (Fsp3) is 0.150. The Bertz CT molecular complexity index is 1130. The first kappa shape index (κ1) is 21.6. The first-order chi connectivity index (χ1) is 14.2. The number of methoxy groups -OCH3 is 1. The van der Waals surface area contributed by atoms with E-state index in [4.69, 9.17) is 4.74 Å². The number of aromatic nitrogens is 2. The number of aliphatic imine (C=N–C) groups is 2. The smallest absolute Gasteiger partial charge is 0.435 e. The van der Waals surface area contributed by atoms with Crippen molar-refractivity contribution in [3.63, 3.8) is 0 Å². The summed E-state index contributed by atoms with van der Waals surface area (Å²) in [5, 5.41) is 3.01. The highest BCUT2D eigenvalue weighted by molar-refractivity contribution is 9.10. The van der Waals surface area contributed by atoms with Crippen LogP contribution in [0, 0.1) is 0 Å². The lowest BCUT2D eigenvalue weighted by Crippen LogP contribution is -2.15. The first-order valence-corrected chi connectivity index (χ1v) is 9.38. The van der Waals surface area contributed by atoms with E-state index in [1.807, 2.05) is 12.1 Å². The minimum Gasteiger partial charge on any atom is -0.495 e. The topological polar surface area (TPSA) is 63.3 Å². The van der Waals surface area contributed by atoms with Gasteiger partial charge in [0.1, 0.15) is 22.9 Å². The van der Waals surface area contributed by atoms with Crippen molar-refractivity contribution in [2.45, 2.75) is 6.18 Å². The number of nitrogens with zero attached hydrogens (tertiary/aromatic N) is 4. The van der Waals surface area contributed by atoms with Gasteiger partial charge in [-0.05, 0) is 36.4 Å². The molecule has 0 saturated carbocycles. The molecule has 0 aliphatic carbocycles. The summed E-state index contributed by atoms with van der Waals surface area (Å²) in [6, 6.07) is 10.2. The highest BCUT2D eigenvalue weighted by Gasteiger charge is 2.38. The molecule has 0 bridgehead atoms. The maximum Gasteiger partial charge on any atom is 0.435 e. The van der Waals surface area contributed by atoms with E-state index < -0.39 is 11.9 Å². The van der Waals surface area contributed by atoms with Crippen molar-refractivity contribution in [1.82, 2.24) is 9.38 Å². The highest BCUT2D eigenvalue weighted by Crippen LogP contribution is 2.35. The second-order valence-electron chi connectivity index (χ2n) is 6.07. The maximum atomic E-state index is 13.7. The number of nitrogens with one attached hydrogen (secondary N) is 1. The Hall–Kier alpha value is -3.14. The maximum absolute atomic E-state index is 13.7. The predicted molar refractivity (Wildman–Crippen MR) is 115 cm³/mol. The van der Waals surface area contributed by atoms with E-state index in [-0.39, 0.29) is 22.9 Å². The Morgan fingerprint density at radius 2 is 1.93 bits per heavy atom. The van der Waals surface area contributed by atoms with E-state index in [2.05, 4.69) is 42.8 Å². The summed E-state index contributed by atoms with van der Waals surface area (Å²) >= 11 is 3.35. The van der Waals surface area contributed by atoms with Gasteiger partial charge in [-0.2, -0.15) is 13.2 Å². The molecule has 0 atom stereocenters. The molecule has 0 aliphatic heterocycles. The first-order valence-electron chi connectivity index (χ1n) is 8.59. The number of alkyl halides is 3. The van der Waals surface area contributed by atoms with Crippen LogP contribution in [0.2, 0.25) is 0 Å². The lowest BCUT2D eigenvalue weighted by atomic mass is 10.2. The van der Waals surface area contributed by atoms with Crippen molar-refractivity contribution in [3.8, 4) is 5.75 Å². The summed E-state index contributed by atoms with van der Waals surface area (Å²) in [6.07, 6.45) is -1.89. The molecular formula is C20H17BrF3N5O. The summed E-state index contributed by atoms with van der Waals surface area (Å²) in [7, 11) is 2.95. The predicted octanol–water partition coefficient (Wildman–Crippen LogP) is 5.31. The summed E-state index contributed by atoms with van der Waals surface area (Å²) < 4.78 is 48.2. The minimum absolute atomic E-state index is 0.0982. The third-order valence-electron chi connectivity index (χ3n) is 3.99. The van der Waals surface area contributed by atoms with Crippen LogP contribution >= 0.6 is 15.9 Å². The van der Waals surface area contributed by atoms with E-state index >= 15 is 0 Å². The average Bonchev–Trinajstić information content (AvgIpc) is 3.09. The zero-order chi connectivity index (χ0) is 21.9. The van der Waals surface area contributed by atoms with Crippen LogP contribution < -0.4 is 10.1 Å². The summed E-state index contributed by atoms with van der Waals surface area (Å²) in [4.78, 5) is 11.9. The molecule has 1 aromatic carbocycles. The van der Waals surface area contributed by atoms with E-state index in [1.54, 1.807) is 12.1 Å². The van der Waals surface area contributed by atoms with Gasteiger partial charge in [-0.1, -0.05) is 22.5 Å². The Labute approximate surface area is 179 Å². The molecule has 30 heavy (non-hydrogen) atoms. The molecule has 0 radical (unpaired) electrons. The molecule has 0 spiro atoms. The number of hydrogen-bond acceptors (Lipinski definition) is 4. The highest BCUT2D eigenvalue weighted by atomic mass is 79.9. The molecule has 0 fully saturated rings. The Balaban J connectivity index is 2.09. The second kappa shape index (κ2) is 8.70. The molecule has 2 aromatic heterocycles. The molecule has 3 aromatic rings. The van der Waals surface area contributed by atoms with Crippen LogP contribution in [0.25, 0.3) is 11.3 Å². The van der Waals surface area contributed by atoms with Crippen LogP contribution in [0.1, 0.15) is 11.4 Å². The number of pyridine rings is 1. The number of rotatable bonds is 5. The molecule has 1 N–H and O–H groups in total. The van der Waals surface area contributed by atoms with Gasteiger partial charge in [0, 0.05) is 17.2 Å². The zero-order valence-corrected chi connectivity index (χ0v) is 17.6. The molecule has 0 saturated heterocycles. The fourth-order valence-electron chi connectivity index (χ4n) is 2.71. The number of ether oxygens (including phenoxy) is 1. The molecule has 10 heteroatoms. The summed E-state index contributed by atoms with van der Waals surface area (Å²) in [5.74, 6) is 0.589. The Morgan fingerprint density at radius 3 is 2.53 bits per heavy atom. The largest absolute Gasteiger partial charge is 0.495 e. The van der Waals surface area contributed by atoms with E-state index in [1.165, 1.54) is 43.1 Å². The van der Waals surface area contributed by atoms with E-state index in [0.717, 1.165) is 4.47 Å². The van der Waals surface area contributed by atoms with Gasteiger partial charge >= 0.3 is 6.18 Å². The molecule has 2 heterocycles. The molecule has 0 aliphatic rings. The van der Waals surface area contributed by atoms with Gasteiger partial charge in [0.15, 0.2) is 5.69 Å². The lowest BCUT2D eigenvalue weighted by molar-refractivity contribution is -0.141. The normalized spacial score (nSPS) is 12.5. The molecule has 156 valence electrons. The summed E-state index contributed by atoms with van der Waals surface area (Å²) in [6.45, 7) is 3.76. The van der Waals surface area contributed by atoms with Crippen LogP contribution in [0.3, 0.4) is 0 Å². The van der Waals surface area contributed by atoms with Gasteiger partial charge in [-0.25, -0.2) is 9.98 Å². The number of benzene rings is 1.